The molecule has 0 bridgehead atoms. The van der Waals surface area contributed by atoms with E-state index in [-0.39, 0.29) is 17.8 Å². The number of anilines is 2. The van der Waals surface area contributed by atoms with Crippen LogP contribution in [0.3, 0.4) is 0 Å². The molecule has 3 heterocycles. The first kappa shape index (κ1) is 19.0. The second-order valence-electron chi connectivity index (χ2n) is 8.55. The van der Waals surface area contributed by atoms with Gasteiger partial charge < -0.3 is 19.7 Å². The summed E-state index contributed by atoms with van der Waals surface area (Å²) in [4.78, 5) is 17.7. The van der Waals surface area contributed by atoms with E-state index >= 15 is 0 Å². The van der Waals surface area contributed by atoms with Gasteiger partial charge in [0.05, 0.1) is 29.1 Å². The average Bonchev–Trinajstić information content (AvgIpc) is 3.35. The number of nitrogens with one attached hydrogen (secondary N) is 1. The van der Waals surface area contributed by atoms with Gasteiger partial charge in [0.15, 0.2) is 0 Å². The summed E-state index contributed by atoms with van der Waals surface area (Å²) in [5.41, 5.74) is 3.89. The predicted molar refractivity (Wildman–Crippen MR) is 119 cm³/mol. The zero-order valence-corrected chi connectivity index (χ0v) is 17.4. The molecule has 2 aliphatic rings. The van der Waals surface area contributed by atoms with E-state index in [1.807, 2.05) is 29.5 Å². The minimum absolute atomic E-state index is 0.0457. The smallest absolute Gasteiger partial charge is 0.256 e. The summed E-state index contributed by atoms with van der Waals surface area (Å²) < 4.78 is 15.8. The Balaban J connectivity index is 1.34. The number of benzene rings is 2. The third-order valence-corrected chi connectivity index (χ3v) is 6.43. The first-order valence-electron chi connectivity index (χ1n) is 10.7. The van der Waals surface area contributed by atoms with E-state index in [9.17, 15) is 9.18 Å². The van der Waals surface area contributed by atoms with Crippen LogP contribution < -0.4 is 10.2 Å². The number of carbonyl (C=O) groups excluding carboxylic acids is 1. The van der Waals surface area contributed by atoms with E-state index < -0.39 is 0 Å². The average molecular weight is 407 g/mol. The zero-order chi connectivity index (χ0) is 20.8. The van der Waals surface area contributed by atoms with Crippen LogP contribution in [0.2, 0.25) is 0 Å². The van der Waals surface area contributed by atoms with Crippen LogP contribution in [0.5, 0.6) is 0 Å². The number of halogens is 1. The van der Waals surface area contributed by atoms with Crippen LogP contribution in [0, 0.1) is 5.82 Å². The Hall–Kier alpha value is -3.02. The van der Waals surface area contributed by atoms with Crippen LogP contribution in [0.1, 0.15) is 43.1 Å². The number of aromatic nitrogens is 1. The molecule has 0 saturated carbocycles. The molecule has 1 amide bonds. The summed E-state index contributed by atoms with van der Waals surface area (Å²) in [5, 5.41) is 4.29. The Labute approximate surface area is 176 Å². The van der Waals surface area contributed by atoms with Crippen molar-refractivity contribution in [2.75, 3.05) is 30.0 Å². The summed E-state index contributed by atoms with van der Waals surface area (Å²) in [6.07, 6.45) is 3.78. The Kier molecular flexibility index (Phi) is 4.65. The van der Waals surface area contributed by atoms with Crippen molar-refractivity contribution in [1.29, 1.82) is 0 Å². The molecule has 2 aliphatic heterocycles. The minimum Gasteiger partial charge on any atom is -0.366 e. The molecule has 0 aliphatic carbocycles. The quantitative estimate of drug-likeness (QED) is 0.676. The largest absolute Gasteiger partial charge is 0.366 e. The fourth-order valence-electron chi connectivity index (χ4n) is 4.83. The third-order valence-electron chi connectivity index (χ3n) is 6.43. The van der Waals surface area contributed by atoms with Gasteiger partial charge in [-0.3, -0.25) is 4.79 Å². The number of para-hydroxylation sites is 2. The number of rotatable bonds is 3. The van der Waals surface area contributed by atoms with Crippen LogP contribution in [0.4, 0.5) is 15.8 Å². The summed E-state index contributed by atoms with van der Waals surface area (Å²) in [5.74, 6) is -0.230. The van der Waals surface area contributed by atoms with E-state index in [0.717, 1.165) is 43.5 Å². The standard InChI is InChI=1S/C24H27FN4O/c1-16(2)28-14-20(19-8-7-17(25)13-23(19)28)24(30)27-11-9-18(10-12-27)29-15-26-21-5-3-4-6-22(21)29/h3-8,13-14,16,18,26H,9-12,15H2,1-2H3. The number of piperidine rings is 1. The van der Waals surface area contributed by atoms with Crippen molar-refractivity contribution >= 4 is 28.2 Å². The van der Waals surface area contributed by atoms with Crippen LogP contribution in [-0.2, 0) is 0 Å². The summed E-state index contributed by atoms with van der Waals surface area (Å²) in [7, 11) is 0. The Morgan fingerprint density at radius 1 is 1.13 bits per heavy atom. The number of carbonyl (C=O) groups is 1. The SMILES string of the molecule is CC(C)n1cc(C(=O)N2CCC(N3CNc4ccccc43)CC2)c2ccc(F)cc21. The number of amides is 1. The van der Waals surface area contributed by atoms with Crippen molar-refractivity contribution in [3.05, 3.63) is 60.0 Å². The highest BCUT2D eigenvalue weighted by Gasteiger charge is 2.31. The molecular weight excluding hydrogens is 379 g/mol. The van der Waals surface area contributed by atoms with Gasteiger partial charge in [-0.2, -0.15) is 0 Å². The fourth-order valence-corrected chi connectivity index (χ4v) is 4.83. The van der Waals surface area contributed by atoms with Gasteiger partial charge in [0.25, 0.3) is 5.91 Å². The molecule has 156 valence electrons. The number of hydrogen-bond donors (Lipinski definition) is 1. The molecule has 0 radical (unpaired) electrons. The van der Waals surface area contributed by atoms with Gasteiger partial charge >= 0.3 is 0 Å². The summed E-state index contributed by atoms with van der Waals surface area (Å²) >= 11 is 0. The predicted octanol–water partition coefficient (Wildman–Crippen LogP) is 4.86. The highest BCUT2D eigenvalue weighted by molar-refractivity contribution is 6.07. The monoisotopic (exact) mass is 406 g/mol. The maximum Gasteiger partial charge on any atom is 0.256 e. The van der Waals surface area contributed by atoms with Crippen LogP contribution in [-0.4, -0.2) is 41.2 Å². The number of likely N-dealkylation sites (tertiary alicyclic amines) is 1. The maximum absolute atomic E-state index is 13.8. The van der Waals surface area contributed by atoms with E-state index in [0.29, 0.717) is 11.6 Å². The molecule has 0 spiro atoms. The Bertz CT molecular complexity index is 1100. The lowest BCUT2D eigenvalue weighted by molar-refractivity contribution is 0.0714. The molecule has 1 N–H and O–H groups in total. The molecule has 3 aromatic rings. The van der Waals surface area contributed by atoms with Gasteiger partial charge in [0, 0.05) is 36.8 Å². The molecule has 1 aromatic heterocycles. The van der Waals surface area contributed by atoms with Gasteiger partial charge in [-0.1, -0.05) is 12.1 Å². The second kappa shape index (κ2) is 7.35. The van der Waals surface area contributed by atoms with Gasteiger partial charge in [-0.15, -0.1) is 0 Å². The molecule has 1 saturated heterocycles. The van der Waals surface area contributed by atoms with Gasteiger partial charge in [0.2, 0.25) is 0 Å². The highest BCUT2D eigenvalue weighted by Crippen LogP contribution is 2.35. The van der Waals surface area contributed by atoms with E-state index in [2.05, 4.69) is 34.5 Å². The molecule has 30 heavy (non-hydrogen) atoms. The van der Waals surface area contributed by atoms with Crippen molar-refractivity contribution in [2.45, 2.75) is 38.8 Å². The van der Waals surface area contributed by atoms with Gasteiger partial charge in [-0.05, 0) is 57.0 Å². The van der Waals surface area contributed by atoms with Crippen LogP contribution in [0.25, 0.3) is 10.9 Å². The summed E-state index contributed by atoms with van der Waals surface area (Å²) in [6.45, 7) is 6.39. The number of fused-ring (bicyclic) bond motifs is 2. The lowest BCUT2D eigenvalue weighted by Crippen LogP contribution is -2.46. The van der Waals surface area contributed by atoms with Crippen molar-refractivity contribution in [3.8, 4) is 0 Å². The van der Waals surface area contributed by atoms with Crippen molar-refractivity contribution in [2.24, 2.45) is 0 Å². The van der Waals surface area contributed by atoms with E-state index in [1.165, 1.54) is 23.5 Å². The van der Waals surface area contributed by atoms with Crippen molar-refractivity contribution in [3.63, 3.8) is 0 Å². The van der Waals surface area contributed by atoms with Crippen LogP contribution in [0.15, 0.2) is 48.7 Å². The normalized spacial score (nSPS) is 16.9. The van der Waals surface area contributed by atoms with Crippen LogP contribution >= 0.6 is 0 Å². The summed E-state index contributed by atoms with van der Waals surface area (Å²) in [6, 6.07) is 13.7. The molecule has 5 rings (SSSR count). The fraction of sp³-hybridized carbons (Fsp3) is 0.375. The van der Waals surface area contributed by atoms with Crippen molar-refractivity contribution in [1.82, 2.24) is 9.47 Å². The molecule has 2 aromatic carbocycles. The molecule has 5 nitrogen and oxygen atoms in total. The molecule has 0 unspecified atom stereocenters. The lowest BCUT2D eigenvalue weighted by atomic mass is 10.0. The first-order chi connectivity index (χ1) is 14.5. The maximum atomic E-state index is 13.8. The van der Waals surface area contributed by atoms with Crippen molar-refractivity contribution < 1.29 is 9.18 Å². The number of nitrogens with zero attached hydrogens (tertiary/aromatic N) is 3. The zero-order valence-electron chi connectivity index (χ0n) is 17.4. The molecule has 0 atom stereocenters. The topological polar surface area (TPSA) is 40.5 Å². The first-order valence-corrected chi connectivity index (χ1v) is 10.7. The lowest BCUT2D eigenvalue weighted by Gasteiger charge is -2.37. The molecule has 6 heteroatoms. The van der Waals surface area contributed by atoms with E-state index in [1.54, 1.807) is 6.07 Å². The second-order valence-corrected chi connectivity index (χ2v) is 8.55. The van der Waals surface area contributed by atoms with Gasteiger partial charge in [-0.25, -0.2) is 4.39 Å². The Morgan fingerprint density at radius 2 is 1.90 bits per heavy atom. The van der Waals surface area contributed by atoms with Gasteiger partial charge in [0.1, 0.15) is 5.82 Å². The molecular formula is C24H27FN4O. The Morgan fingerprint density at radius 3 is 2.67 bits per heavy atom. The van der Waals surface area contributed by atoms with E-state index in [4.69, 9.17) is 0 Å². The third kappa shape index (κ3) is 3.11. The molecule has 1 fully saturated rings. The highest BCUT2D eigenvalue weighted by atomic mass is 19.1. The number of hydrogen-bond acceptors (Lipinski definition) is 3. The minimum atomic E-state index is -0.276.